The first kappa shape index (κ1) is 8.49. The van der Waals surface area contributed by atoms with E-state index in [1.807, 2.05) is 6.82 Å². The van der Waals surface area contributed by atoms with Crippen LogP contribution in [0.5, 0.6) is 0 Å². The molecule has 52 valence electrons. The van der Waals surface area contributed by atoms with Crippen molar-refractivity contribution in [2.75, 3.05) is 20.0 Å². The van der Waals surface area contributed by atoms with E-state index in [9.17, 15) is 4.79 Å². The molecule has 0 aromatic carbocycles. The number of carbonyl (C=O) groups is 1. The van der Waals surface area contributed by atoms with Crippen LogP contribution in [0.4, 0.5) is 0 Å². The van der Waals surface area contributed by atoms with Gasteiger partial charge in [-0.1, -0.05) is 6.82 Å². The van der Waals surface area contributed by atoms with Crippen molar-refractivity contribution >= 4 is 13.2 Å². The lowest BCUT2D eigenvalue weighted by molar-refractivity contribution is -0.137. The quantitative estimate of drug-likeness (QED) is 0.517. The Kier molecular flexibility index (Phi) is 4.14. The standard InChI is InChI=1S/C5H12BNO2/c1-6-4-7(2)3-5(8)9/h6H,3-4H2,1-2H3,(H,8,9). The van der Waals surface area contributed by atoms with Crippen LogP contribution in [0.25, 0.3) is 0 Å². The SMILES string of the molecule is CBCN(C)CC(=O)O. The van der Waals surface area contributed by atoms with Gasteiger partial charge in [0.25, 0.3) is 0 Å². The van der Waals surface area contributed by atoms with Crippen LogP contribution in [0.2, 0.25) is 6.82 Å². The molecule has 0 spiro atoms. The molecule has 0 aliphatic carbocycles. The smallest absolute Gasteiger partial charge is 0.317 e. The summed E-state index contributed by atoms with van der Waals surface area (Å²) >= 11 is 0. The summed E-state index contributed by atoms with van der Waals surface area (Å²) < 4.78 is 0. The zero-order valence-electron chi connectivity index (χ0n) is 5.92. The van der Waals surface area contributed by atoms with Crippen molar-refractivity contribution in [2.24, 2.45) is 0 Å². The lowest BCUT2D eigenvalue weighted by atomic mass is 9.82. The molecule has 0 atom stereocenters. The Morgan fingerprint density at radius 1 is 1.78 bits per heavy atom. The number of likely N-dealkylation sites (N-methyl/N-ethyl adjacent to an activating group) is 1. The number of carboxylic acids is 1. The van der Waals surface area contributed by atoms with E-state index >= 15 is 0 Å². The van der Waals surface area contributed by atoms with E-state index in [4.69, 9.17) is 5.11 Å². The van der Waals surface area contributed by atoms with Gasteiger partial charge < -0.3 is 10.0 Å². The second kappa shape index (κ2) is 4.38. The Hall–Kier alpha value is -0.505. The third kappa shape index (κ3) is 5.36. The molecule has 0 fully saturated rings. The maximum atomic E-state index is 10.0. The van der Waals surface area contributed by atoms with Crippen LogP contribution in [0.1, 0.15) is 0 Å². The Morgan fingerprint density at radius 2 is 2.33 bits per heavy atom. The van der Waals surface area contributed by atoms with Crippen molar-refractivity contribution in [3.05, 3.63) is 0 Å². The van der Waals surface area contributed by atoms with Crippen LogP contribution in [0.15, 0.2) is 0 Å². The highest BCUT2D eigenvalue weighted by Crippen LogP contribution is 1.78. The lowest BCUT2D eigenvalue weighted by Gasteiger charge is -2.10. The van der Waals surface area contributed by atoms with Gasteiger partial charge in [-0.2, -0.15) is 0 Å². The summed E-state index contributed by atoms with van der Waals surface area (Å²) in [4.78, 5) is 11.8. The number of carboxylic acid groups (broad SMARTS) is 1. The van der Waals surface area contributed by atoms with Crippen LogP contribution in [0.3, 0.4) is 0 Å². The minimum absolute atomic E-state index is 0.147. The molecule has 4 heteroatoms. The van der Waals surface area contributed by atoms with Gasteiger partial charge in [-0.25, -0.2) is 0 Å². The summed E-state index contributed by atoms with van der Waals surface area (Å²) in [5, 5.41) is 8.27. The summed E-state index contributed by atoms with van der Waals surface area (Å²) in [5.41, 5.74) is 0. The Balaban J connectivity index is 3.26. The third-order valence-corrected chi connectivity index (χ3v) is 1.01. The van der Waals surface area contributed by atoms with Gasteiger partial charge in [-0.3, -0.25) is 4.79 Å². The van der Waals surface area contributed by atoms with Gasteiger partial charge in [0, 0.05) is 0 Å². The number of hydrogen-bond donors (Lipinski definition) is 1. The topological polar surface area (TPSA) is 40.5 Å². The summed E-state index contributed by atoms with van der Waals surface area (Å²) in [6.45, 7) is 2.17. The minimum Gasteiger partial charge on any atom is -0.480 e. The first-order valence-corrected chi connectivity index (χ1v) is 3.07. The van der Waals surface area contributed by atoms with Crippen molar-refractivity contribution in [3.8, 4) is 0 Å². The highest BCUT2D eigenvalue weighted by Gasteiger charge is 2.00. The molecule has 1 N–H and O–H groups in total. The maximum absolute atomic E-state index is 10.0. The molecule has 0 aliphatic heterocycles. The van der Waals surface area contributed by atoms with Crippen molar-refractivity contribution in [3.63, 3.8) is 0 Å². The van der Waals surface area contributed by atoms with Crippen LogP contribution < -0.4 is 0 Å². The predicted octanol–water partition coefficient (Wildman–Crippen LogP) is -0.555. The second-order valence-corrected chi connectivity index (χ2v) is 2.13. The molecule has 0 amide bonds. The average Bonchev–Trinajstić information content (AvgIpc) is 1.63. The monoisotopic (exact) mass is 129 g/mol. The zero-order valence-corrected chi connectivity index (χ0v) is 5.92. The van der Waals surface area contributed by atoms with Crippen molar-refractivity contribution in [1.82, 2.24) is 4.90 Å². The van der Waals surface area contributed by atoms with Gasteiger partial charge >= 0.3 is 5.97 Å². The first-order chi connectivity index (χ1) is 4.16. The lowest BCUT2D eigenvalue weighted by Crippen LogP contribution is -2.28. The van der Waals surface area contributed by atoms with E-state index in [0.29, 0.717) is 0 Å². The molecular formula is C5H12BNO2. The van der Waals surface area contributed by atoms with Gasteiger partial charge in [-0.15, -0.1) is 0 Å². The molecular weight excluding hydrogens is 117 g/mol. The number of aliphatic carboxylic acids is 1. The highest BCUT2D eigenvalue weighted by molar-refractivity contribution is 6.33. The van der Waals surface area contributed by atoms with Crippen LogP contribution in [0, 0.1) is 0 Å². The molecule has 0 saturated carbocycles. The fraction of sp³-hybridized carbons (Fsp3) is 0.800. The first-order valence-electron chi connectivity index (χ1n) is 3.07. The van der Waals surface area contributed by atoms with Crippen LogP contribution in [-0.2, 0) is 4.79 Å². The van der Waals surface area contributed by atoms with E-state index in [1.54, 1.807) is 11.9 Å². The molecule has 0 bridgehead atoms. The average molecular weight is 129 g/mol. The Bertz CT molecular complexity index is 97.0. The molecule has 3 nitrogen and oxygen atoms in total. The summed E-state index contributed by atoms with van der Waals surface area (Å²) in [6.07, 6.45) is 0.853. The largest absolute Gasteiger partial charge is 0.480 e. The Morgan fingerprint density at radius 3 is 2.67 bits per heavy atom. The minimum atomic E-state index is -0.758. The zero-order chi connectivity index (χ0) is 7.28. The normalized spacial score (nSPS) is 9.67. The predicted molar refractivity (Wildman–Crippen MR) is 38.1 cm³/mol. The Labute approximate surface area is 55.9 Å². The molecule has 0 aromatic rings. The molecule has 0 heterocycles. The van der Waals surface area contributed by atoms with Crippen LogP contribution in [-0.4, -0.2) is 43.3 Å². The number of rotatable bonds is 4. The fourth-order valence-electron chi connectivity index (χ4n) is 0.692. The van der Waals surface area contributed by atoms with Gasteiger partial charge in [0.1, 0.15) is 7.28 Å². The molecule has 0 rings (SSSR count). The number of nitrogens with zero attached hydrogens (tertiary/aromatic N) is 1. The molecule has 9 heavy (non-hydrogen) atoms. The fourth-order valence-corrected chi connectivity index (χ4v) is 0.692. The summed E-state index contributed by atoms with van der Waals surface area (Å²) in [5.74, 6) is -0.758. The third-order valence-electron chi connectivity index (χ3n) is 1.01. The molecule has 0 saturated heterocycles. The van der Waals surface area contributed by atoms with E-state index in [1.165, 1.54) is 0 Å². The van der Waals surface area contributed by atoms with Crippen molar-refractivity contribution in [1.29, 1.82) is 0 Å². The molecule has 0 aliphatic rings. The van der Waals surface area contributed by atoms with Gasteiger partial charge in [0.2, 0.25) is 0 Å². The van der Waals surface area contributed by atoms with E-state index < -0.39 is 5.97 Å². The molecule has 0 radical (unpaired) electrons. The van der Waals surface area contributed by atoms with E-state index in [2.05, 4.69) is 0 Å². The van der Waals surface area contributed by atoms with Gasteiger partial charge in [0.15, 0.2) is 0 Å². The second-order valence-electron chi connectivity index (χ2n) is 2.13. The number of hydrogen-bond acceptors (Lipinski definition) is 2. The maximum Gasteiger partial charge on any atom is 0.317 e. The van der Waals surface area contributed by atoms with E-state index in [-0.39, 0.29) is 6.54 Å². The van der Waals surface area contributed by atoms with E-state index in [0.717, 1.165) is 13.7 Å². The van der Waals surface area contributed by atoms with Crippen molar-refractivity contribution < 1.29 is 9.90 Å². The van der Waals surface area contributed by atoms with Crippen LogP contribution >= 0.6 is 0 Å². The van der Waals surface area contributed by atoms with Crippen molar-refractivity contribution in [2.45, 2.75) is 6.82 Å². The van der Waals surface area contributed by atoms with Gasteiger partial charge in [0.05, 0.1) is 6.54 Å². The summed E-state index contributed by atoms with van der Waals surface area (Å²) in [6, 6.07) is 0. The summed E-state index contributed by atoms with van der Waals surface area (Å²) in [7, 11) is 2.81. The molecule has 0 unspecified atom stereocenters. The van der Waals surface area contributed by atoms with Gasteiger partial charge in [-0.05, 0) is 13.5 Å². The highest BCUT2D eigenvalue weighted by atomic mass is 16.4. The molecule has 0 aromatic heterocycles.